The van der Waals surface area contributed by atoms with Gasteiger partial charge in [0, 0.05) is 18.8 Å². The third kappa shape index (κ3) is 4.74. The molecule has 6 nitrogen and oxygen atoms in total. The van der Waals surface area contributed by atoms with Gasteiger partial charge in [0.05, 0.1) is 30.3 Å². The molecule has 3 aliphatic heterocycles. The number of ether oxygens (including phenoxy) is 1. The molecule has 1 aromatic rings. The van der Waals surface area contributed by atoms with Gasteiger partial charge in [-0.1, -0.05) is 42.4 Å². The average molecular weight is 468 g/mol. The Morgan fingerprint density at radius 1 is 1.18 bits per heavy atom. The lowest BCUT2D eigenvalue weighted by Gasteiger charge is -2.37. The fourth-order valence-electron chi connectivity index (χ4n) is 4.79. The summed E-state index contributed by atoms with van der Waals surface area (Å²) in [7, 11) is 0. The second-order valence-electron chi connectivity index (χ2n) is 9.21. The number of allylic oxidation sites excluding steroid dienone is 1. The summed E-state index contributed by atoms with van der Waals surface area (Å²) in [6.07, 6.45) is 2.41. The van der Waals surface area contributed by atoms with E-state index in [1.807, 2.05) is 24.2 Å². The Morgan fingerprint density at radius 2 is 1.91 bits per heavy atom. The maximum atomic E-state index is 13.2. The predicted molar refractivity (Wildman–Crippen MR) is 133 cm³/mol. The van der Waals surface area contributed by atoms with Gasteiger partial charge in [-0.15, -0.1) is 0 Å². The number of fused-ring (bicyclic) bond motifs is 1. The highest BCUT2D eigenvalue weighted by atomic mass is 32.2. The van der Waals surface area contributed by atoms with Gasteiger partial charge in [0.15, 0.2) is 5.17 Å². The van der Waals surface area contributed by atoms with Crippen molar-refractivity contribution in [3.05, 3.63) is 57.3 Å². The molecule has 1 unspecified atom stereocenters. The lowest BCUT2D eigenvalue weighted by atomic mass is 9.90. The number of rotatable bonds is 5. The molecule has 0 N–H and O–H groups in total. The van der Waals surface area contributed by atoms with Gasteiger partial charge in [-0.05, 0) is 63.0 Å². The zero-order valence-electron chi connectivity index (χ0n) is 20.2. The normalized spacial score (nSPS) is 21.1. The highest BCUT2D eigenvalue weighted by Crippen LogP contribution is 2.45. The second-order valence-corrected chi connectivity index (χ2v) is 10.1. The number of likely N-dealkylation sites (tertiary alicyclic amines) is 1. The van der Waals surface area contributed by atoms with E-state index >= 15 is 0 Å². The molecular weight excluding hydrogens is 434 g/mol. The van der Waals surface area contributed by atoms with Crippen LogP contribution in [0.1, 0.15) is 62.8 Å². The number of amidine groups is 1. The Hall–Kier alpha value is -2.54. The summed E-state index contributed by atoms with van der Waals surface area (Å²) in [6, 6.07) is 5.91. The molecule has 0 radical (unpaired) electrons. The number of hydrogen-bond donors (Lipinski definition) is 0. The van der Waals surface area contributed by atoms with Gasteiger partial charge in [0.2, 0.25) is 5.91 Å². The smallest absolute Gasteiger partial charge is 0.338 e. The van der Waals surface area contributed by atoms with Gasteiger partial charge in [-0.2, -0.15) is 0 Å². The Labute approximate surface area is 200 Å². The molecule has 0 aliphatic carbocycles. The molecule has 3 heterocycles. The van der Waals surface area contributed by atoms with Gasteiger partial charge in [-0.3, -0.25) is 4.79 Å². The number of esters is 1. The van der Waals surface area contributed by atoms with Gasteiger partial charge in [0.1, 0.15) is 0 Å². The summed E-state index contributed by atoms with van der Waals surface area (Å²) in [6.45, 7) is 12.0. The van der Waals surface area contributed by atoms with Crippen LogP contribution in [0.15, 0.2) is 45.6 Å². The molecule has 33 heavy (non-hydrogen) atoms. The monoisotopic (exact) mass is 467 g/mol. The van der Waals surface area contributed by atoms with Gasteiger partial charge in [-0.25, -0.2) is 9.79 Å². The van der Waals surface area contributed by atoms with Crippen molar-refractivity contribution in [2.45, 2.75) is 59.9 Å². The first-order valence-corrected chi connectivity index (χ1v) is 12.6. The summed E-state index contributed by atoms with van der Waals surface area (Å²) >= 11 is 1.52. The number of thioether (sulfide) groups is 1. The van der Waals surface area contributed by atoms with E-state index in [9.17, 15) is 9.59 Å². The van der Waals surface area contributed by atoms with E-state index in [0.29, 0.717) is 30.2 Å². The van der Waals surface area contributed by atoms with Gasteiger partial charge in [0.25, 0.3) is 0 Å². The van der Waals surface area contributed by atoms with Crippen LogP contribution in [0.3, 0.4) is 0 Å². The van der Waals surface area contributed by atoms with Crippen LogP contribution in [0, 0.1) is 19.8 Å². The van der Waals surface area contributed by atoms with Crippen molar-refractivity contribution < 1.29 is 14.3 Å². The van der Waals surface area contributed by atoms with E-state index in [1.54, 1.807) is 0 Å². The minimum Gasteiger partial charge on any atom is -0.463 e. The molecule has 0 aromatic heterocycles. The first-order chi connectivity index (χ1) is 15.8. The third-order valence-corrected chi connectivity index (χ3v) is 7.57. The molecule has 1 amide bonds. The number of nitrogens with zero attached hydrogens (tertiary/aromatic N) is 3. The molecule has 1 aromatic carbocycles. The molecule has 0 saturated carbocycles. The maximum absolute atomic E-state index is 13.2. The minimum atomic E-state index is -0.368. The molecule has 1 atom stereocenters. The van der Waals surface area contributed by atoms with Crippen LogP contribution >= 0.6 is 11.8 Å². The molecule has 176 valence electrons. The van der Waals surface area contributed by atoms with Crippen LogP contribution in [0.4, 0.5) is 0 Å². The van der Waals surface area contributed by atoms with E-state index in [-0.39, 0.29) is 17.9 Å². The van der Waals surface area contributed by atoms with Crippen molar-refractivity contribution in [2.75, 3.05) is 19.7 Å². The third-order valence-electron chi connectivity index (χ3n) is 6.68. The summed E-state index contributed by atoms with van der Waals surface area (Å²) in [5.74, 6) is 0.457. The van der Waals surface area contributed by atoms with Crippen molar-refractivity contribution in [1.29, 1.82) is 0 Å². The zero-order valence-corrected chi connectivity index (χ0v) is 21.0. The average Bonchev–Trinajstić information content (AvgIpc) is 3.15. The number of hydrogen-bond acceptors (Lipinski definition) is 6. The summed E-state index contributed by atoms with van der Waals surface area (Å²) < 4.78 is 5.44. The van der Waals surface area contributed by atoms with E-state index in [4.69, 9.17) is 9.73 Å². The fourth-order valence-corrected chi connectivity index (χ4v) is 5.76. The number of amides is 1. The number of carbonyl (C=O) groups is 2. The Balaban J connectivity index is 1.69. The van der Waals surface area contributed by atoms with Gasteiger partial charge < -0.3 is 14.5 Å². The Bertz CT molecular complexity index is 1050. The van der Waals surface area contributed by atoms with Crippen LogP contribution in [0.25, 0.3) is 0 Å². The quantitative estimate of drug-likeness (QED) is 0.565. The standard InChI is InChI=1S/C26H33N3O3S/c1-6-32-25(31)23-19(5)27-26-29(24(23)21-8-7-17(3)13-18(21)4)20(15-33-26)14-22(30)28-11-9-16(2)10-12-28/h7-8,13,15-16,24H,6,9-12,14H2,1-5H3. The van der Waals surface area contributed by atoms with E-state index in [0.717, 1.165) is 47.9 Å². The maximum Gasteiger partial charge on any atom is 0.338 e. The number of aliphatic imine (C=N–C) groups is 1. The molecule has 0 spiro atoms. The number of aryl methyl sites for hydroxylation is 2. The molecular formula is C26H33N3O3S. The molecule has 1 fully saturated rings. The van der Waals surface area contributed by atoms with Crippen molar-refractivity contribution >= 4 is 28.8 Å². The van der Waals surface area contributed by atoms with Crippen LogP contribution < -0.4 is 0 Å². The van der Waals surface area contributed by atoms with Crippen LogP contribution in [0.2, 0.25) is 0 Å². The van der Waals surface area contributed by atoms with Crippen molar-refractivity contribution in [3.8, 4) is 0 Å². The summed E-state index contributed by atoms with van der Waals surface area (Å²) in [5, 5.41) is 2.82. The van der Waals surface area contributed by atoms with Gasteiger partial charge >= 0.3 is 5.97 Å². The molecule has 1 saturated heterocycles. The predicted octanol–water partition coefficient (Wildman–Crippen LogP) is 5.09. The number of carbonyl (C=O) groups excluding carboxylic acids is 2. The molecule has 0 bridgehead atoms. The van der Waals surface area contributed by atoms with Crippen molar-refractivity contribution in [3.63, 3.8) is 0 Å². The summed E-state index contributed by atoms with van der Waals surface area (Å²) in [4.78, 5) is 35.1. The van der Waals surface area contributed by atoms with Crippen molar-refractivity contribution in [2.24, 2.45) is 10.9 Å². The topological polar surface area (TPSA) is 62.2 Å². The SMILES string of the molecule is CCOC(=O)C1=C(C)N=C2SC=C(CC(=O)N3CCC(C)CC3)N2C1c1ccc(C)cc1C. The van der Waals surface area contributed by atoms with E-state index in [1.165, 1.54) is 17.3 Å². The van der Waals surface area contributed by atoms with Crippen molar-refractivity contribution in [1.82, 2.24) is 9.80 Å². The lowest BCUT2D eigenvalue weighted by molar-refractivity contribution is -0.139. The van der Waals surface area contributed by atoms with E-state index < -0.39 is 0 Å². The lowest BCUT2D eigenvalue weighted by Crippen LogP contribution is -2.41. The first kappa shape index (κ1) is 23.6. The molecule has 4 rings (SSSR count). The number of piperidine rings is 1. The second kappa shape index (κ2) is 9.75. The highest BCUT2D eigenvalue weighted by molar-refractivity contribution is 8.16. The Morgan fingerprint density at radius 3 is 2.58 bits per heavy atom. The molecule has 3 aliphatic rings. The molecule has 7 heteroatoms. The van der Waals surface area contributed by atoms with E-state index in [2.05, 4.69) is 43.9 Å². The largest absolute Gasteiger partial charge is 0.463 e. The zero-order chi connectivity index (χ0) is 23.7. The minimum absolute atomic E-state index is 0.137. The highest BCUT2D eigenvalue weighted by Gasteiger charge is 2.42. The first-order valence-electron chi connectivity index (χ1n) is 11.8. The fraction of sp³-hybridized carbons (Fsp3) is 0.500. The van der Waals surface area contributed by atoms with Crippen LogP contribution in [-0.2, 0) is 14.3 Å². The van der Waals surface area contributed by atoms with Crippen LogP contribution in [-0.4, -0.2) is 46.5 Å². The number of benzene rings is 1. The Kier molecular flexibility index (Phi) is 6.98. The summed E-state index contributed by atoms with van der Waals surface area (Å²) in [5.41, 5.74) is 5.40. The van der Waals surface area contributed by atoms with Crippen LogP contribution in [0.5, 0.6) is 0 Å².